The van der Waals surface area contributed by atoms with Gasteiger partial charge in [-0.15, -0.1) is 0 Å². The number of hydrogen-bond donors (Lipinski definition) is 3. The maximum atomic E-state index is 10.8. The highest BCUT2D eigenvalue weighted by Gasteiger charge is 2.22. The van der Waals surface area contributed by atoms with E-state index in [4.69, 9.17) is 15.5 Å². The van der Waals surface area contributed by atoms with E-state index in [1.165, 1.54) is 0 Å². The van der Waals surface area contributed by atoms with Crippen LogP contribution in [0.15, 0.2) is 42.5 Å². The van der Waals surface area contributed by atoms with Gasteiger partial charge in [0, 0.05) is 36.7 Å². The number of rotatable bonds is 9. The highest BCUT2D eigenvalue weighted by Crippen LogP contribution is 2.33. The largest absolute Gasteiger partial charge is 0.760 e. The average Bonchev–Trinajstić information content (AvgIpc) is 3.13. The lowest BCUT2D eigenvalue weighted by Crippen LogP contribution is -2.27. The van der Waals surface area contributed by atoms with Gasteiger partial charge >= 0.3 is 0 Å². The second-order valence-electron chi connectivity index (χ2n) is 8.85. The van der Waals surface area contributed by atoms with Gasteiger partial charge in [-0.25, -0.2) is 14.7 Å². The first-order valence-electron chi connectivity index (χ1n) is 10.9. The highest BCUT2D eigenvalue weighted by atomic mass is 32.2. The third-order valence-corrected chi connectivity index (χ3v) is 5.89. The zero-order valence-electron chi connectivity index (χ0n) is 19.4. The maximum absolute atomic E-state index is 10.8. The Bertz CT molecular complexity index is 1360. The molecule has 0 aliphatic heterocycles. The fourth-order valence-corrected chi connectivity index (χ4v) is 4.37. The van der Waals surface area contributed by atoms with E-state index in [0.29, 0.717) is 36.4 Å². The van der Waals surface area contributed by atoms with Gasteiger partial charge in [0.15, 0.2) is 5.82 Å². The van der Waals surface area contributed by atoms with Crippen molar-refractivity contribution in [1.29, 1.82) is 0 Å². The molecule has 0 aliphatic carbocycles. The molecule has 0 saturated heterocycles. The summed E-state index contributed by atoms with van der Waals surface area (Å²) in [5.41, 5.74) is 10.2. The monoisotopic (exact) mass is 482 g/mol. The summed E-state index contributed by atoms with van der Waals surface area (Å²) in [6.07, 6.45) is 0.579. The van der Waals surface area contributed by atoms with Crippen LogP contribution in [0.4, 0.5) is 5.82 Å². The number of methoxy groups -OCH3 is 1. The van der Waals surface area contributed by atoms with E-state index in [9.17, 15) is 13.9 Å². The number of anilines is 1. The lowest BCUT2D eigenvalue weighted by Gasteiger charge is -2.20. The second kappa shape index (κ2) is 9.77. The van der Waals surface area contributed by atoms with Crippen molar-refractivity contribution in [2.45, 2.75) is 39.0 Å². The molecule has 0 amide bonds. The van der Waals surface area contributed by atoms with Crippen molar-refractivity contribution in [2.24, 2.45) is 0 Å². The molecule has 1 atom stereocenters. The molecule has 0 aliphatic rings. The zero-order chi connectivity index (χ0) is 24.5. The molecular weight excluding hydrogens is 454 g/mol. The Kier molecular flexibility index (Phi) is 6.96. The van der Waals surface area contributed by atoms with Crippen molar-refractivity contribution in [3.63, 3.8) is 0 Å². The number of aliphatic hydroxyl groups is 1. The number of aromatic nitrogens is 3. The SMILES string of the molecule is COCCc1nc2c(N)nc3cc(-c4cccc(CNS(=O)[O-])c4)ccc3c2n1CC(C)(C)O. The summed E-state index contributed by atoms with van der Waals surface area (Å²) in [5, 5.41) is 11.4. The summed E-state index contributed by atoms with van der Waals surface area (Å²) in [4.78, 5) is 9.36. The number of nitrogens with one attached hydrogen (secondary N) is 1. The van der Waals surface area contributed by atoms with Gasteiger partial charge in [0.1, 0.15) is 11.3 Å². The molecule has 0 fully saturated rings. The first-order chi connectivity index (χ1) is 16.2. The third kappa shape index (κ3) is 5.26. The summed E-state index contributed by atoms with van der Waals surface area (Å²) in [6, 6.07) is 13.6. The Morgan fingerprint density at radius 2 is 1.97 bits per heavy atom. The standard InChI is InChI=1S/C24H29N5O4S/c1-24(2,30)14-29-20(9-10-33-3)28-21-22(29)18-8-7-17(12-19(18)27-23(21)25)16-6-4-5-15(11-16)13-26-34(31)32/h4-8,11-12,26,30H,9-10,13-14H2,1-3H3,(H2,25,27)(H,31,32)/p-1. The van der Waals surface area contributed by atoms with Crippen LogP contribution in [0.25, 0.3) is 33.1 Å². The number of nitrogens with two attached hydrogens (primary N) is 1. The lowest BCUT2D eigenvalue weighted by atomic mass is 10.0. The Balaban J connectivity index is 1.84. The van der Waals surface area contributed by atoms with Crippen molar-refractivity contribution < 1.29 is 18.6 Å². The molecule has 0 spiro atoms. The minimum atomic E-state index is -2.32. The zero-order valence-corrected chi connectivity index (χ0v) is 20.2. The van der Waals surface area contributed by atoms with Crippen molar-refractivity contribution in [3.05, 3.63) is 53.9 Å². The molecular formula is C24H28N5O4S-. The summed E-state index contributed by atoms with van der Waals surface area (Å²) < 4.78 is 31.3. The first-order valence-corrected chi connectivity index (χ1v) is 12.0. The van der Waals surface area contributed by atoms with E-state index in [2.05, 4.69) is 9.71 Å². The average molecular weight is 483 g/mol. The van der Waals surface area contributed by atoms with E-state index in [1.54, 1.807) is 21.0 Å². The van der Waals surface area contributed by atoms with Crippen LogP contribution in [-0.2, 0) is 35.5 Å². The van der Waals surface area contributed by atoms with E-state index < -0.39 is 16.9 Å². The van der Waals surface area contributed by atoms with Crippen molar-refractivity contribution in [3.8, 4) is 11.1 Å². The molecule has 4 rings (SSSR count). The van der Waals surface area contributed by atoms with Gasteiger partial charge in [-0.3, -0.25) is 4.21 Å². The molecule has 2 aromatic carbocycles. The molecule has 180 valence electrons. The summed E-state index contributed by atoms with van der Waals surface area (Å²) in [7, 11) is 1.64. The molecule has 2 aromatic heterocycles. The molecule has 2 heterocycles. The number of benzene rings is 2. The molecule has 0 radical (unpaired) electrons. The Morgan fingerprint density at radius 3 is 2.68 bits per heavy atom. The molecule has 4 N–H and O–H groups in total. The predicted octanol–water partition coefficient (Wildman–Crippen LogP) is 2.68. The predicted molar refractivity (Wildman–Crippen MR) is 133 cm³/mol. The number of nitrogen functional groups attached to an aromatic ring is 1. The fraction of sp³-hybridized carbons (Fsp3) is 0.333. The number of hydrogen-bond acceptors (Lipinski definition) is 7. The molecule has 4 aromatic rings. The molecule has 34 heavy (non-hydrogen) atoms. The maximum Gasteiger partial charge on any atom is 0.152 e. The normalized spacial score (nSPS) is 13.1. The minimum absolute atomic E-state index is 0.212. The molecule has 1 unspecified atom stereocenters. The van der Waals surface area contributed by atoms with Gasteiger partial charge in [-0.1, -0.05) is 30.3 Å². The summed E-state index contributed by atoms with van der Waals surface area (Å²) in [5.74, 6) is 1.10. The molecule has 10 heteroatoms. The third-order valence-electron chi connectivity index (χ3n) is 5.51. The number of fused-ring (bicyclic) bond motifs is 3. The van der Waals surface area contributed by atoms with E-state index in [1.807, 2.05) is 47.0 Å². The van der Waals surface area contributed by atoms with Crippen molar-refractivity contribution in [1.82, 2.24) is 19.3 Å². The van der Waals surface area contributed by atoms with Crippen LogP contribution < -0.4 is 10.5 Å². The van der Waals surface area contributed by atoms with Gasteiger partial charge in [-0.05, 0) is 42.7 Å². The van der Waals surface area contributed by atoms with Gasteiger partial charge in [0.05, 0.1) is 29.8 Å². The second-order valence-corrected chi connectivity index (χ2v) is 9.61. The number of nitrogens with zero attached hydrogens (tertiary/aromatic N) is 3. The lowest BCUT2D eigenvalue weighted by molar-refractivity contribution is 0.0615. The summed E-state index contributed by atoms with van der Waals surface area (Å²) in [6.45, 7) is 4.57. The number of ether oxygens (including phenoxy) is 1. The van der Waals surface area contributed by atoms with Crippen LogP contribution in [0.1, 0.15) is 25.2 Å². The fourth-order valence-electron chi connectivity index (χ4n) is 4.08. The van der Waals surface area contributed by atoms with Crippen LogP contribution >= 0.6 is 0 Å². The van der Waals surface area contributed by atoms with Gasteiger partial charge in [0.25, 0.3) is 0 Å². The minimum Gasteiger partial charge on any atom is -0.760 e. The Morgan fingerprint density at radius 1 is 1.21 bits per heavy atom. The molecule has 0 saturated carbocycles. The Labute approximate surface area is 200 Å². The van der Waals surface area contributed by atoms with Crippen molar-refractivity contribution in [2.75, 3.05) is 19.5 Å². The van der Waals surface area contributed by atoms with Gasteiger partial charge in [-0.2, -0.15) is 0 Å². The quantitative estimate of drug-likeness (QED) is 0.312. The van der Waals surface area contributed by atoms with Crippen LogP contribution in [0.2, 0.25) is 0 Å². The first kappa shape index (κ1) is 24.2. The van der Waals surface area contributed by atoms with Crippen LogP contribution in [0.5, 0.6) is 0 Å². The van der Waals surface area contributed by atoms with E-state index in [0.717, 1.165) is 33.4 Å². The van der Waals surface area contributed by atoms with Gasteiger partial charge < -0.3 is 24.7 Å². The van der Waals surface area contributed by atoms with Crippen molar-refractivity contribution >= 4 is 39.0 Å². The Hall–Kier alpha value is -2.89. The number of imidazole rings is 1. The van der Waals surface area contributed by atoms with E-state index >= 15 is 0 Å². The van der Waals surface area contributed by atoms with Crippen LogP contribution in [0, 0.1) is 0 Å². The number of pyridine rings is 1. The van der Waals surface area contributed by atoms with Crippen LogP contribution in [-0.4, -0.2) is 47.7 Å². The van der Waals surface area contributed by atoms with Crippen LogP contribution in [0.3, 0.4) is 0 Å². The summed E-state index contributed by atoms with van der Waals surface area (Å²) >= 11 is -2.32. The highest BCUT2D eigenvalue weighted by molar-refractivity contribution is 7.77. The molecule has 0 bridgehead atoms. The van der Waals surface area contributed by atoms with Gasteiger partial charge in [0.2, 0.25) is 0 Å². The topological polar surface area (TPSA) is 138 Å². The molecule has 9 nitrogen and oxygen atoms in total. The smallest absolute Gasteiger partial charge is 0.152 e. The van der Waals surface area contributed by atoms with E-state index in [-0.39, 0.29) is 6.54 Å².